The number of rotatable bonds is 3. The van der Waals surface area contributed by atoms with E-state index in [1.54, 1.807) is 13.2 Å². The number of hydrogen-bond acceptors (Lipinski definition) is 4. The molecule has 3 aliphatic rings. The van der Waals surface area contributed by atoms with Gasteiger partial charge < -0.3 is 14.6 Å². The molecule has 130 valence electrons. The maximum atomic E-state index is 11.8. The lowest BCUT2D eigenvalue weighted by Crippen LogP contribution is -2.68. The fourth-order valence-corrected chi connectivity index (χ4v) is 5.56. The van der Waals surface area contributed by atoms with Crippen molar-refractivity contribution in [3.05, 3.63) is 35.9 Å². The summed E-state index contributed by atoms with van der Waals surface area (Å²) in [5.41, 5.74) is 0.902. The van der Waals surface area contributed by atoms with Crippen LogP contribution >= 0.6 is 0 Å². The van der Waals surface area contributed by atoms with Gasteiger partial charge in [-0.05, 0) is 37.9 Å². The van der Waals surface area contributed by atoms with Gasteiger partial charge in [-0.1, -0.05) is 26.0 Å². The quantitative estimate of drug-likeness (QED) is 0.866. The number of aliphatic hydroxyl groups is 1. The third-order valence-electron chi connectivity index (χ3n) is 6.80. The van der Waals surface area contributed by atoms with Crippen molar-refractivity contribution in [3.63, 3.8) is 0 Å². The van der Waals surface area contributed by atoms with Crippen LogP contribution in [0.2, 0.25) is 0 Å². The monoisotopic (exact) mass is 329 g/mol. The minimum Gasteiger partial charge on any atom is -0.493 e. The number of likely N-dealkylation sites (tertiary alicyclic amines) is 1. The number of ether oxygens (including phenoxy) is 2. The molecule has 4 rings (SSSR count). The minimum atomic E-state index is -1.05. The molecule has 2 aliphatic heterocycles. The van der Waals surface area contributed by atoms with Crippen molar-refractivity contribution in [3.8, 4) is 11.5 Å². The fourth-order valence-electron chi connectivity index (χ4n) is 5.56. The lowest BCUT2D eigenvalue weighted by Gasteiger charge is -2.55. The molecule has 1 saturated heterocycles. The molecular formula is C20H27NO3. The van der Waals surface area contributed by atoms with Gasteiger partial charge in [0.25, 0.3) is 0 Å². The first-order valence-corrected chi connectivity index (χ1v) is 8.79. The number of methoxy groups -OCH3 is 1. The molecule has 4 nitrogen and oxygen atoms in total. The highest BCUT2D eigenvalue weighted by molar-refractivity contribution is 5.65. The van der Waals surface area contributed by atoms with Gasteiger partial charge in [-0.2, -0.15) is 0 Å². The van der Waals surface area contributed by atoms with Crippen molar-refractivity contribution in [2.75, 3.05) is 14.2 Å². The topological polar surface area (TPSA) is 41.9 Å². The molecule has 5 atom stereocenters. The predicted molar refractivity (Wildman–Crippen MR) is 93.7 cm³/mol. The Morgan fingerprint density at radius 3 is 2.75 bits per heavy atom. The van der Waals surface area contributed by atoms with E-state index in [2.05, 4.69) is 45.4 Å². The van der Waals surface area contributed by atoms with Crippen LogP contribution in [0.4, 0.5) is 0 Å². The summed E-state index contributed by atoms with van der Waals surface area (Å²) in [5, 5.41) is 11.8. The van der Waals surface area contributed by atoms with Crippen LogP contribution in [0.1, 0.15) is 44.4 Å². The lowest BCUT2D eigenvalue weighted by molar-refractivity contribution is -0.133. The van der Waals surface area contributed by atoms with Crippen LogP contribution in [-0.4, -0.2) is 41.9 Å². The average Bonchev–Trinajstić information content (AvgIpc) is 3.09. The van der Waals surface area contributed by atoms with E-state index in [0.29, 0.717) is 6.04 Å². The Morgan fingerprint density at radius 1 is 1.46 bits per heavy atom. The zero-order valence-corrected chi connectivity index (χ0v) is 15.2. The van der Waals surface area contributed by atoms with Gasteiger partial charge in [0.05, 0.1) is 12.5 Å². The molecule has 2 bridgehead atoms. The van der Waals surface area contributed by atoms with Crippen molar-refractivity contribution in [1.82, 2.24) is 4.90 Å². The second-order valence-electron chi connectivity index (χ2n) is 7.91. The second-order valence-corrected chi connectivity index (χ2v) is 7.91. The standard InChI is InChI=1S/C20H27NO3/c1-7-20(22)12(4)21(5)14-10-19(20)16-13(14)8-9-15(23-6)17(16)24-18(19)11(2)3/h7-9,11-12,14,18,22H,1,10H2,2-6H3. The normalized spacial score (nSPS) is 39.7. The Morgan fingerprint density at radius 2 is 2.17 bits per heavy atom. The number of hydrogen-bond donors (Lipinski definition) is 1. The summed E-state index contributed by atoms with van der Waals surface area (Å²) in [6, 6.07) is 4.40. The van der Waals surface area contributed by atoms with Crippen molar-refractivity contribution in [2.45, 2.75) is 56.4 Å². The summed E-state index contributed by atoms with van der Waals surface area (Å²) in [7, 11) is 3.77. The second kappa shape index (κ2) is 4.77. The lowest BCUT2D eigenvalue weighted by atomic mass is 9.58. The molecule has 0 radical (unpaired) electrons. The van der Waals surface area contributed by atoms with Crippen LogP contribution in [0.3, 0.4) is 0 Å². The first kappa shape index (κ1) is 16.0. The molecule has 0 saturated carbocycles. The zero-order chi connectivity index (χ0) is 17.4. The smallest absolute Gasteiger partial charge is 0.165 e. The van der Waals surface area contributed by atoms with E-state index in [0.717, 1.165) is 23.5 Å². The Bertz CT molecular complexity index is 715. The highest BCUT2D eigenvalue weighted by atomic mass is 16.5. The maximum Gasteiger partial charge on any atom is 0.165 e. The van der Waals surface area contributed by atoms with E-state index in [4.69, 9.17) is 9.47 Å². The van der Waals surface area contributed by atoms with Gasteiger partial charge in [0.2, 0.25) is 0 Å². The summed E-state index contributed by atoms with van der Waals surface area (Å²) in [6.45, 7) is 10.4. The van der Waals surface area contributed by atoms with E-state index in [9.17, 15) is 5.11 Å². The zero-order valence-electron chi connectivity index (χ0n) is 15.2. The van der Waals surface area contributed by atoms with E-state index in [1.165, 1.54) is 5.56 Å². The summed E-state index contributed by atoms with van der Waals surface area (Å²) >= 11 is 0. The first-order chi connectivity index (χ1) is 11.3. The molecule has 1 N–H and O–H groups in total. The van der Waals surface area contributed by atoms with Crippen LogP contribution in [0.25, 0.3) is 0 Å². The summed E-state index contributed by atoms with van der Waals surface area (Å²) < 4.78 is 12.0. The molecule has 5 unspecified atom stereocenters. The Labute approximate surface area is 144 Å². The molecule has 4 heteroatoms. The van der Waals surface area contributed by atoms with Crippen LogP contribution in [0.5, 0.6) is 11.5 Å². The molecule has 0 amide bonds. The predicted octanol–water partition coefficient (Wildman–Crippen LogP) is 3.05. The average molecular weight is 329 g/mol. The highest BCUT2D eigenvalue weighted by Gasteiger charge is 2.71. The molecule has 1 spiro atoms. The van der Waals surface area contributed by atoms with Crippen LogP contribution in [0, 0.1) is 5.92 Å². The van der Waals surface area contributed by atoms with E-state index >= 15 is 0 Å². The fraction of sp³-hybridized carbons (Fsp3) is 0.600. The summed E-state index contributed by atoms with van der Waals surface area (Å²) in [4.78, 5) is 2.28. The van der Waals surface area contributed by atoms with Crippen LogP contribution in [-0.2, 0) is 5.41 Å². The van der Waals surface area contributed by atoms with Gasteiger partial charge >= 0.3 is 0 Å². The summed E-state index contributed by atoms with van der Waals surface area (Å²) in [6.07, 6.45) is 2.51. The third kappa shape index (κ3) is 1.48. The number of likely N-dealkylation sites (N-methyl/N-ethyl adjacent to an activating group) is 1. The van der Waals surface area contributed by atoms with E-state index < -0.39 is 11.0 Å². The molecule has 1 fully saturated rings. The molecule has 1 aromatic carbocycles. The van der Waals surface area contributed by atoms with Gasteiger partial charge in [-0.3, -0.25) is 4.90 Å². The number of piperidine rings is 1. The number of nitrogens with zero attached hydrogens (tertiary/aromatic N) is 1. The summed E-state index contributed by atoms with van der Waals surface area (Å²) in [5.74, 6) is 1.85. The molecular weight excluding hydrogens is 302 g/mol. The molecule has 1 aliphatic carbocycles. The number of fused-ring (bicyclic) bond motifs is 2. The van der Waals surface area contributed by atoms with Crippen LogP contribution in [0.15, 0.2) is 24.8 Å². The first-order valence-electron chi connectivity index (χ1n) is 8.79. The van der Waals surface area contributed by atoms with Crippen molar-refractivity contribution in [2.24, 2.45) is 5.92 Å². The van der Waals surface area contributed by atoms with Gasteiger partial charge in [0, 0.05) is 17.6 Å². The molecule has 2 heterocycles. The Hall–Kier alpha value is -1.52. The Balaban J connectivity index is 2.08. The van der Waals surface area contributed by atoms with Gasteiger partial charge in [-0.15, -0.1) is 6.58 Å². The van der Waals surface area contributed by atoms with Gasteiger partial charge in [0.15, 0.2) is 11.5 Å². The maximum absolute atomic E-state index is 11.8. The SMILES string of the molecule is C=CC1(O)C(C)N(C)C2CC13c1c2ccc(OC)c1OC3C(C)C. The molecule has 1 aromatic rings. The number of benzene rings is 1. The van der Waals surface area contributed by atoms with E-state index in [-0.39, 0.29) is 18.1 Å². The highest BCUT2D eigenvalue weighted by Crippen LogP contribution is 2.68. The third-order valence-corrected chi connectivity index (χ3v) is 6.80. The van der Waals surface area contributed by atoms with Gasteiger partial charge in [-0.25, -0.2) is 0 Å². The molecule has 0 aromatic heterocycles. The van der Waals surface area contributed by atoms with Gasteiger partial charge in [0.1, 0.15) is 11.7 Å². The van der Waals surface area contributed by atoms with Crippen molar-refractivity contribution < 1.29 is 14.6 Å². The van der Waals surface area contributed by atoms with Crippen molar-refractivity contribution >= 4 is 0 Å². The largest absolute Gasteiger partial charge is 0.493 e. The minimum absolute atomic E-state index is 0.0389. The van der Waals surface area contributed by atoms with Crippen molar-refractivity contribution in [1.29, 1.82) is 0 Å². The van der Waals surface area contributed by atoms with E-state index in [1.807, 2.05) is 6.07 Å². The Kier molecular flexibility index (Phi) is 3.17. The molecule has 24 heavy (non-hydrogen) atoms. The van der Waals surface area contributed by atoms with Crippen LogP contribution < -0.4 is 9.47 Å².